The first-order valence-corrected chi connectivity index (χ1v) is 7.22. The fourth-order valence-electron chi connectivity index (χ4n) is 2.88. The molecule has 0 bridgehead atoms. The van der Waals surface area contributed by atoms with Crippen molar-refractivity contribution in [2.75, 3.05) is 11.1 Å². The van der Waals surface area contributed by atoms with Crippen LogP contribution in [0.1, 0.15) is 33.1 Å². The monoisotopic (exact) mass is 296 g/mol. The summed E-state index contributed by atoms with van der Waals surface area (Å²) < 4.78 is 1.08. The highest BCUT2D eigenvalue weighted by atomic mass is 79.9. The molecule has 2 rings (SSSR count). The zero-order valence-corrected chi connectivity index (χ0v) is 12.1. The Balaban J connectivity index is 2.09. The SMILES string of the molecule is CCC1CCC(Nc2cc(Br)ccc2N)C1C. The van der Waals surface area contributed by atoms with Gasteiger partial charge < -0.3 is 11.1 Å². The first kappa shape index (κ1) is 12.7. The lowest BCUT2D eigenvalue weighted by molar-refractivity contribution is 0.392. The second-order valence-corrected chi connectivity index (χ2v) is 6.00. The molecule has 0 radical (unpaired) electrons. The molecule has 3 unspecified atom stereocenters. The maximum atomic E-state index is 6.00. The zero-order chi connectivity index (χ0) is 12.4. The predicted octanol–water partition coefficient (Wildman–Crippen LogP) is 4.27. The summed E-state index contributed by atoms with van der Waals surface area (Å²) in [5.41, 5.74) is 7.89. The molecule has 0 aromatic heterocycles. The molecule has 3 atom stereocenters. The van der Waals surface area contributed by atoms with Gasteiger partial charge in [-0.25, -0.2) is 0 Å². The van der Waals surface area contributed by atoms with Crippen LogP contribution in [-0.2, 0) is 0 Å². The third-order valence-electron chi connectivity index (χ3n) is 4.11. The number of anilines is 2. The maximum absolute atomic E-state index is 6.00. The predicted molar refractivity (Wildman–Crippen MR) is 78.1 cm³/mol. The van der Waals surface area contributed by atoms with E-state index in [1.54, 1.807) is 0 Å². The van der Waals surface area contributed by atoms with Crippen molar-refractivity contribution in [1.82, 2.24) is 0 Å². The number of nitrogen functional groups attached to an aromatic ring is 1. The Hall–Kier alpha value is -0.700. The molecule has 1 saturated carbocycles. The topological polar surface area (TPSA) is 38.0 Å². The molecule has 17 heavy (non-hydrogen) atoms. The van der Waals surface area contributed by atoms with Crippen LogP contribution >= 0.6 is 15.9 Å². The van der Waals surface area contributed by atoms with Crippen LogP contribution in [0.15, 0.2) is 22.7 Å². The van der Waals surface area contributed by atoms with Crippen molar-refractivity contribution in [3.05, 3.63) is 22.7 Å². The van der Waals surface area contributed by atoms with Gasteiger partial charge in [-0.15, -0.1) is 0 Å². The lowest BCUT2D eigenvalue weighted by atomic mass is 9.93. The van der Waals surface area contributed by atoms with E-state index >= 15 is 0 Å². The van der Waals surface area contributed by atoms with E-state index in [9.17, 15) is 0 Å². The summed E-state index contributed by atoms with van der Waals surface area (Å²) in [7, 11) is 0. The zero-order valence-electron chi connectivity index (χ0n) is 10.5. The molecule has 1 aliphatic carbocycles. The third kappa shape index (κ3) is 2.76. The molecule has 2 nitrogen and oxygen atoms in total. The summed E-state index contributed by atoms with van der Waals surface area (Å²) in [4.78, 5) is 0. The fraction of sp³-hybridized carbons (Fsp3) is 0.571. The summed E-state index contributed by atoms with van der Waals surface area (Å²) in [6, 6.07) is 6.56. The third-order valence-corrected chi connectivity index (χ3v) is 4.60. The standard InChI is InChI=1S/C14H21BrN2/c1-3-10-4-7-13(9(10)2)17-14-8-11(15)5-6-12(14)16/h5-6,8-10,13,17H,3-4,7,16H2,1-2H3. The highest BCUT2D eigenvalue weighted by Gasteiger charge is 2.31. The van der Waals surface area contributed by atoms with E-state index in [-0.39, 0.29) is 0 Å². The van der Waals surface area contributed by atoms with Crippen LogP contribution in [0.3, 0.4) is 0 Å². The van der Waals surface area contributed by atoms with Crippen molar-refractivity contribution >= 4 is 27.3 Å². The van der Waals surface area contributed by atoms with Crippen molar-refractivity contribution < 1.29 is 0 Å². The summed E-state index contributed by atoms with van der Waals surface area (Å²) in [6.07, 6.45) is 3.88. The van der Waals surface area contributed by atoms with E-state index in [0.29, 0.717) is 6.04 Å². The normalized spacial score (nSPS) is 28.3. The fourth-order valence-corrected chi connectivity index (χ4v) is 3.24. The molecule has 0 heterocycles. The Morgan fingerprint density at radius 2 is 2.18 bits per heavy atom. The van der Waals surface area contributed by atoms with Crippen LogP contribution in [0.5, 0.6) is 0 Å². The van der Waals surface area contributed by atoms with Crippen LogP contribution in [0.2, 0.25) is 0 Å². The number of hydrogen-bond acceptors (Lipinski definition) is 2. The maximum Gasteiger partial charge on any atom is 0.0587 e. The molecule has 3 N–H and O–H groups in total. The van der Waals surface area contributed by atoms with Gasteiger partial charge in [-0.2, -0.15) is 0 Å². The number of hydrogen-bond donors (Lipinski definition) is 2. The van der Waals surface area contributed by atoms with Gasteiger partial charge in [0, 0.05) is 10.5 Å². The smallest absolute Gasteiger partial charge is 0.0587 e. The van der Waals surface area contributed by atoms with Crippen molar-refractivity contribution in [2.24, 2.45) is 11.8 Å². The van der Waals surface area contributed by atoms with Crippen LogP contribution in [0, 0.1) is 11.8 Å². The van der Waals surface area contributed by atoms with E-state index in [4.69, 9.17) is 5.73 Å². The highest BCUT2D eigenvalue weighted by Crippen LogP contribution is 2.36. The number of nitrogens with one attached hydrogen (secondary N) is 1. The van der Waals surface area contributed by atoms with E-state index in [2.05, 4.69) is 41.2 Å². The van der Waals surface area contributed by atoms with Crippen molar-refractivity contribution in [3.8, 4) is 0 Å². The molecule has 1 aromatic carbocycles. The Morgan fingerprint density at radius 3 is 2.82 bits per heavy atom. The molecule has 1 aromatic rings. The Kier molecular flexibility index (Phi) is 3.97. The minimum absolute atomic E-state index is 0.566. The summed E-state index contributed by atoms with van der Waals surface area (Å²) in [5.74, 6) is 1.60. The van der Waals surface area contributed by atoms with Gasteiger partial charge in [0.1, 0.15) is 0 Å². The van der Waals surface area contributed by atoms with Gasteiger partial charge in [-0.3, -0.25) is 0 Å². The van der Waals surface area contributed by atoms with Gasteiger partial charge >= 0.3 is 0 Å². The van der Waals surface area contributed by atoms with Crippen molar-refractivity contribution in [1.29, 1.82) is 0 Å². The second-order valence-electron chi connectivity index (χ2n) is 5.09. The molecule has 0 aliphatic heterocycles. The van der Waals surface area contributed by atoms with Gasteiger partial charge in [0.25, 0.3) is 0 Å². The summed E-state index contributed by atoms with van der Waals surface area (Å²) in [6.45, 7) is 4.64. The Bertz CT molecular complexity index is 392. The first-order chi connectivity index (χ1) is 8.11. The van der Waals surface area contributed by atoms with Gasteiger partial charge in [0.05, 0.1) is 11.4 Å². The van der Waals surface area contributed by atoms with E-state index in [1.807, 2.05) is 12.1 Å². The molecular weight excluding hydrogens is 276 g/mol. The quantitative estimate of drug-likeness (QED) is 0.818. The molecular formula is C14H21BrN2. The van der Waals surface area contributed by atoms with Gasteiger partial charge in [-0.1, -0.05) is 36.2 Å². The molecule has 0 spiro atoms. The molecule has 94 valence electrons. The van der Waals surface area contributed by atoms with E-state index in [0.717, 1.165) is 27.7 Å². The van der Waals surface area contributed by atoms with Crippen LogP contribution in [-0.4, -0.2) is 6.04 Å². The van der Waals surface area contributed by atoms with Crippen LogP contribution in [0.25, 0.3) is 0 Å². The Morgan fingerprint density at radius 1 is 1.41 bits per heavy atom. The highest BCUT2D eigenvalue weighted by molar-refractivity contribution is 9.10. The number of halogens is 1. The second kappa shape index (κ2) is 5.30. The minimum Gasteiger partial charge on any atom is -0.397 e. The van der Waals surface area contributed by atoms with Gasteiger partial charge in [0.15, 0.2) is 0 Å². The van der Waals surface area contributed by atoms with Crippen LogP contribution < -0.4 is 11.1 Å². The lowest BCUT2D eigenvalue weighted by Gasteiger charge is -2.23. The number of nitrogens with two attached hydrogens (primary N) is 1. The largest absolute Gasteiger partial charge is 0.397 e. The van der Waals surface area contributed by atoms with Crippen molar-refractivity contribution in [2.45, 2.75) is 39.2 Å². The van der Waals surface area contributed by atoms with Gasteiger partial charge in [0.2, 0.25) is 0 Å². The van der Waals surface area contributed by atoms with Gasteiger partial charge in [-0.05, 0) is 42.9 Å². The lowest BCUT2D eigenvalue weighted by Crippen LogP contribution is -2.25. The molecule has 1 fully saturated rings. The first-order valence-electron chi connectivity index (χ1n) is 6.43. The summed E-state index contributed by atoms with van der Waals surface area (Å²) >= 11 is 3.49. The molecule has 0 saturated heterocycles. The number of benzene rings is 1. The summed E-state index contributed by atoms with van der Waals surface area (Å²) in [5, 5.41) is 3.61. The molecule has 3 heteroatoms. The average molecular weight is 297 g/mol. The molecule has 1 aliphatic rings. The van der Waals surface area contributed by atoms with Crippen molar-refractivity contribution in [3.63, 3.8) is 0 Å². The molecule has 0 amide bonds. The van der Waals surface area contributed by atoms with E-state index < -0.39 is 0 Å². The average Bonchev–Trinajstić information content (AvgIpc) is 2.65. The van der Waals surface area contributed by atoms with E-state index in [1.165, 1.54) is 19.3 Å². The number of rotatable bonds is 3. The minimum atomic E-state index is 0.566. The Labute approximate surface area is 112 Å². The van der Waals surface area contributed by atoms with Crippen LogP contribution in [0.4, 0.5) is 11.4 Å².